The molecule has 160 valence electrons. The molecule has 0 saturated carbocycles. The molecule has 0 N–H and O–H groups in total. The van der Waals surface area contributed by atoms with Gasteiger partial charge in [-0.05, 0) is 45.6 Å². The standard InChI is InChI=1S/C19H30N6O3S/c1-5-8-24-13-20-21-18(24)16-11-23(4)12-19(16)6-9-25(10-7-19)29(26,27)17-14(2)22-28-15(17)3/h13,16H,5-12H2,1-4H3. The highest BCUT2D eigenvalue weighted by atomic mass is 32.2. The highest BCUT2D eigenvalue weighted by Crippen LogP contribution is 2.49. The van der Waals surface area contributed by atoms with Gasteiger partial charge in [0.25, 0.3) is 0 Å². The molecule has 0 amide bonds. The summed E-state index contributed by atoms with van der Waals surface area (Å²) in [6, 6.07) is 0. The predicted molar refractivity (Wildman–Crippen MR) is 107 cm³/mol. The molecular weight excluding hydrogens is 392 g/mol. The fourth-order valence-corrected chi connectivity index (χ4v) is 6.90. The summed E-state index contributed by atoms with van der Waals surface area (Å²) in [6.45, 7) is 9.27. The molecular formula is C19H30N6O3S. The molecule has 0 bridgehead atoms. The van der Waals surface area contributed by atoms with Gasteiger partial charge < -0.3 is 14.0 Å². The first-order valence-electron chi connectivity index (χ1n) is 10.3. The monoisotopic (exact) mass is 422 g/mol. The summed E-state index contributed by atoms with van der Waals surface area (Å²) in [6.07, 6.45) is 4.47. The smallest absolute Gasteiger partial charge is 0.248 e. The van der Waals surface area contributed by atoms with Gasteiger partial charge in [-0.25, -0.2) is 8.42 Å². The predicted octanol–water partition coefficient (Wildman–Crippen LogP) is 1.79. The van der Waals surface area contributed by atoms with E-state index < -0.39 is 10.0 Å². The number of aryl methyl sites for hydroxylation is 3. The van der Waals surface area contributed by atoms with Crippen LogP contribution in [0.15, 0.2) is 15.7 Å². The number of likely N-dealkylation sites (N-methyl/N-ethyl adjacent to an activating group) is 1. The Morgan fingerprint density at radius 1 is 1.28 bits per heavy atom. The molecule has 4 rings (SSSR count). The van der Waals surface area contributed by atoms with E-state index in [-0.39, 0.29) is 16.2 Å². The van der Waals surface area contributed by atoms with Crippen molar-refractivity contribution in [1.82, 2.24) is 29.1 Å². The molecule has 2 aliphatic heterocycles. The Bertz CT molecular complexity index is 954. The van der Waals surface area contributed by atoms with Crippen LogP contribution in [0.2, 0.25) is 0 Å². The van der Waals surface area contributed by atoms with Crippen molar-refractivity contribution in [3.8, 4) is 0 Å². The van der Waals surface area contributed by atoms with Crippen LogP contribution >= 0.6 is 0 Å². The van der Waals surface area contributed by atoms with Crippen molar-refractivity contribution in [2.75, 3.05) is 33.2 Å². The number of rotatable bonds is 5. The fraction of sp³-hybridized carbons (Fsp3) is 0.737. The van der Waals surface area contributed by atoms with E-state index in [0.29, 0.717) is 24.5 Å². The first kappa shape index (κ1) is 20.5. The van der Waals surface area contributed by atoms with Crippen molar-refractivity contribution in [1.29, 1.82) is 0 Å². The third-order valence-corrected chi connectivity index (χ3v) is 8.67. The number of aromatic nitrogens is 4. The van der Waals surface area contributed by atoms with Crippen molar-refractivity contribution in [3.05, 3.63) is 23.6 Å². The van der Waals surface area contributed by atoms with Gasteiger partial charge in [-0.3, -0.25) is 0 Å². The minimum absolute atomic E-state index is 0.0258. The number of piperidine rings is 1. The number of sulfonamides is 1. The van der Waals surface area contributed by atoms with E-state index >= 15 is 0 Å². The maximum Gasteiger partial charge on any atom is 0.248 e. The number of hydrogen-bond donors (Lipinski definition) is 0. The van der Waals surface area contributed by atoms with Gasteiger partial charge >= 0.3 is 0 Å². The average molecular weight is 423 g/mol. The van der Waals surface area contributed by atoms with Crippen LogP contribution in [-0.2, 0) is 16.6 Å². The Balaban J connectivity index is 1.58. The lowest BCUT2D eigenvalue weighted by Gasteiger charge is -2.41. The van der Waals surface area contributed by atoms with E-state index in [1.54, 1.807) is 18.2 Å². The van der Waals surface area contributed by atoms with Gasteiger partial charge in [0.05, 0.1) is 0 Å². The second kappa shape index (κ2) is 7.48. The molecule has 2 aromatic rings. The van der Waals surface area contributed by atoms with Crippen LogP contribution in [0.4, 0.5) is 0 Å². The van der Waals surface area contributed by atoms with Crippen molar-refractivity contribution in [3.63, 3.8) is 0 Å². The number of likely N-dealkylation sites (tertiary alicyclic amines) is 1. The molecule has 2 fully saturated rings. The topological polar surface area (TPSA) is 97.4 Å². The van der Waals surface area contributed by atoms with Gasteiger partial charge in [-0.15, -0.1) is 10.2 Å². The minimum Gasteiger partial charge on any atom is -0.360 e. The van der Waals surface area contributed by atoms with Gasteiger partial charge in [0.1, 0.15) is 22.7 Å². The van der Waals surface area contributed by atoms with Gasteiger partial charge in [0, 0.05) is 38.6 Å². The zero-order valence-corrected chi connectivity index (χ0v) is 18.4. The summed E-state index contributed by atoms with van der Waals surface area (Å²) in [7, 11) is -1.46. The lowest BCUT2D eigenvalue weighted by atomic mass is 9.71. The number of nitrogens with zero attached hydrogens (tertiary/aromatic N) is 6. The molecule has 0 aliphatic carbocycles. The lowest BCUT2D eigenvalue weighted by Crippen LogP contribution is -2.46. The zero-order valence-electron chi connectivity index (χ0n) is 17.6. The zero-order chi connectivity index (χ0) is 20.8. The SMILES string of the molecule is CCCn1cnnc1C1CN(C)CC12CCN(S(=O)(=O)c1c(C)noc1C)CC2. The molecule has 4 heterocycles. The summed E-state index contributed by atoms with van der Waals surface area (Å²) in [5, 5.41) is 12.5. The van der Waals surface area contributed by atoms with Crippen LogP contribution in [0.1, 0.15) is 49.4 Å². The van der Waals surface area contributed by atoms with Crippen LogP contribution in [0.25, 0.3) is 0 Å². The maximum absolute atomic E-state index is 13.2. The Morgan fingerprint density at radius 3 is 2.62 bits per heavy atom. The molecule has 9 nitrogen and oxygen atoms in total. The van der Waals surface area contributed by atoms with Crippen LogP contribution < -0.4 is 0 Å². The van der Waals surface area contributed by atoms with Gasteiger partial charge in [-0.1, -0.05) is 12.1 Å². The summed E-state index contributed by atoms with van der Waals surface area (Å²) < 4.78 is 35.3. The highest BCUT2D eigenvalue weighted by Gasteiger charge is 2.51. The molecule has 29 heavy (non-hydrogen) atoms. The largest absolute Gasteiger partial charge is 0.360 e. The van der Waals surface area contributed by atoms with Crippen molar-refractivity contribution < 1.29 is 12.9 Å². The maximum atomic E-state index is 13.2. The van der Waals surface area contributed by atoms with Crippen LogP contribution in [-0.4, -0.2) is 70.8 Å². The second-order valence-electron chi connectivity index (χ2n) is 8.55. The van der Waals surface area contributed by atoms with E-state index in [0.717, 1.165) is 44.7 Å². The van der Waals surface area contributed by atoms with E-state index in [1.165, 1.54) is 0 Å². The van der Waals surface area contributed by atoms with Crippen LogP contribution in [0.5, 0.6) is 0 Å². The second-order valence-corrected chi connectivity index (χ2v) is 10.4. The Morgan fingerprint density at radius 2 is 2.00 bits per heavy atom. The lowest BCUT2D eigenvalue weighted by molar-refractivity contribution is 0.140. The molecule has 0 radical (unpaired) electrons. The molecule has 2 saturated heterocycles. The number of hydrogen-bond acceptors (Lipinski definition) is 7. The van der Waals surface area contributed by atoms with Crippen LogP contribution in [0, 0.1) is 19.3 Å². The third-order valence-electron chi connectivity index (χ3n) is 6.52. The van der Waals surface area contributed by atoms with E-state index in [9.17, 15) is 8.42 Å². The molecule has 0 aromatic carbocycles. The van der Waals surface area contributed by atoms with Crippen molar-refractivity contribution in [2.45, 2.75) is 57.4 Å². The molecule has 1 spiro atoms. The Labute approximate surface area is 172 Å². The summed E-state index contributed by atoms with van der Waals surface area (Å²) in [5.41, 5.74) is 0.451. The van der Waals surface area contributed by atoms with Crippen molar-refractivity contribution >= 4 is 10.0 Å². The molecule has 2 aromatic heterocycles. The molecule has 10 heteroatoms. The quantitative estimate of drug-likeness (QED) is 0.724. The van der Waals surface area contributed by atoms with Gasteiger partial charge in [0.15, 0.2) is 5.76 Å². The van der Waals surface area contributed by atoms with Crippen LogP contribution in [0.3, 0.4) is 0 Å². The van der Waals surface area contributed by atoms with E-state index in [1.807, 2.05) is 6.33 Å². The molecule has 1 atom stereocenters. The van der Waals surface area contributed by atoms with E-state index in [4.69, 9.17) is 4.52 Å². The fourth-order valence-electron chi connectivity index (χ4n) is 5.17. The first-order chi connectivity index (χ1) is 13.8. The highest BCUT2D eigenvalue weighted by molar-refractivity contribution is 7.89. The summed E-state index contributed by atoms with van der Waals surface area (Å²) >= 11 is 0. The third kappa shape index (κ3) is 3.40. The first-order valence-corrected chi connectivity index (χ1v) is 11.7. The Hall–Kier alpha value is -1.78. The van der Waals surface area contributed by atoms with Gasteiger partial charge in [0.2, 0.25) is 10.0 Å². The Kier molecular flexibility index (Phi) is 5.28. The summed E-state index contributed by atoms with van der Waals surface area (Å²) in [4.78, 5) is 2.56. The minimum atomic E-state index is -3.60. The molecule has 1 unspecified atom stereocenters. The summed E-state index contributed by atoms with van der Waals surface area (Å²) in [5.74, 6) is 1.66. The van der Waals surface area contributed by atoms with E-state index in [2.05, 4.69) is 38.8 Å². The molecule has 2 aliphatic rings. The van der Waals surface area contributed by atoms with Crippen molar-refractivity contribution in [2.24, 2.45) is 5.41 Å². The normalized spacial score (nSPS) is 23.2. The average Bonchev–Trinajstić information content (AvgIpc) is 3.34. The van der Waals surface area contributed by atoms with Gasteiger partial charge in [-0.2, -0.15) is 4.31 Å².